The van der Waals surface area contributed by atoms with Crippen LogP contribution in [0.2, 0.25) is 5.02 Å². The molecule has 0 bridgehead atoms. The highest BCUT2D eigenvalue weighted by Crippen LogP contribution is 2.34. The van der Waals surface area contributed by atoms with E-state index >= 15 is 0 Å². The Morgan fingerprint density at radius 3 is 2.52 bits per heavy atom. The molecule has 210 valence electrons. The van der Waals surface area contributed by atoms with Crippen LogP contribution >= 0.6 is 22.9 Å². The quantitative estimate of drug-likeness (QED) is 0.331. The molecule has 0 spiro atoms. The highest BCUT2D eigenvalue weighted by Gasteiger charge is 2.44. The molecule has 0 atom stereocenters. The Kier molecular flexibility index (Phi) is 8.19. The van der Waals surface area contributed by atoms with Crippen LogP contribution in [0, 0.1) is 10.1 Å². The number of nitrogens with one attached hydrogen (secondary N) is 2. The fourth-order valence-electron chi connectivity index (χ4n) is 5.18. The minimum atomic E-state index is -1.14. The highest BCUT2D eigenvalue weighted by molar-refractivity contribution is 7.12. The van der Waals surface area contributed by atoms with Crippen LogP contribution in [0.25, 0.3) is 11.3 Å². The summed E-state index contributed by atoms with van der Waals surface area (Å²) in [6.45, 7) is 2.89. The zero-order chi connectivity index (χ0) is 28.3. The van der Waals surface area contributed by atoms with Gasteiger partial charge in [-0.25, -0.2) is 0 Å². The zero-order valence-electron chi connectivity index (χ0n) is 21.6. The summed E-state index contributed by atoms with van der Waals surface area (Å²) in [7, 11) is 0. The number of thiophene rings is 1. The van der Waals surface area contributed by atoms with Gasteiger partial charge in [0.15, 0.2) is 5.76 Å². The SMILES string of the molecule is O=C(NC1(C(=O)N2CCCN(C(=O)c3cccs3)CC2)CCNCC1)c1ccc(-c2ccc(Cl)cc2[N+](=O)[O-])o1. The molecule has 11 nitrogen and oxygen atoms in total. The molecule has 1 aromatic carbocycles. The van der Waals surface area contributed by atoms with E-state index in [1.807, 2.05) is 11.4 Å². The van der Waals surface area contributed by atoms with Gasteiger partial charge in [-0.15, -0.1) is 11.3 Å². The lowest BCUT2D eigenvalue weighted by atomic mass is 9.86. The van der Waals surface area contributed by atoms with Crippen molar-refractivity contribution >= 4 is 46.3 Å². The average molecular weight is 586 g/mol. The number of hydrogen-bond acceptors (Lipinski definition) is 8. The lowest BCUT2D eigenvalue weighted by molar-refractivity contribution is -0.384. The molecule has 2 aliphatic heterocycles. The molecular weight excluding hydrogens is 558 g/mol. The van der Waals surface area contributed by atoms with Gasteiger partial charge >= 0.3 is 0 Å². The van der Waals surface area contributed by atoms with Gasteiger partial charge in [-0.2, -0.15) is 0 Å². The second-order valence-electron chi connectivity index (χ2n) is 9.78. The van der Waals surface area contributed by atoms with Gasteiger partial charge in [-0.1, -0.05) is 17.7 Å². The number of amides is 3. The average Bonchev–Trinajstić information content (AvgIpc) is 3.61. The summed E-state index contributed by atoms with van der Waals surface area (Å²) < 4.78 is 5.73. The molecule has 0 radical (unpaired) electrons. The molecule has 4 heterocycles. The van der Waals surface area contributed by atoms with E-state index in [-0.39, 0.29) is 39.6 Å². The van der Waals surface area contributed by atoms with E-state index < -0.39 is 16.4 Å². The summed E-state index contributed by atoms with van der Waals surface area (Å²) in [6.07, 6.45) is 1.41. The van der Waals surface area contributed by atoms with Crippen LogP contribution in [-0.4, -0.2) is 77.3 Å². The fraction of sp³-hybridized carbons (Fsp3) is 0.370. The Bertz CT molecular complexity index is 1420. The molecule has 40 heavy (non-hydrogen) atoms. The van der Waals surface area contributed by atoms with Crippen molar-refractivity contribution in [2.45, 2.75) is 24.8 Å². The van der Waals surface area contributed by atoms with E-state index in [1.165, 1.54) is 41.7 Å². The minimum Gasteiger partial charge on any atom is -0.451 e. The van der Waals surface area contributed by atoms with Crippen LogP contribution < -0.4 is 10.6 Å². The van der Waals surface area contributed by atoms with Crippen LogP contribution in [0.4, 0.5) is 5.69 Å². The predicted molar refractivity (Wildman–Crippen MR) is 150 cm³/mol. The third-order valence-electron chi connectivity index (χ3n) is 7.27. The molecule has 3 amide bonds. The summed E-state index contributed by atoms with van der Waals surface area (Å²) in [6, 6.07) is 10.7. The molecule has 2 fully saturated rings. The Hall–Kier alpha value is -3.74. The number of nitro groups is 1. The number of nitro benzene ring substituents is 1. The fourth-order valence-corrected chi connectivity index (χ4v) is 6.03. The largest absolute Gasteiger partial charge is 0.451 e. The van der Waals surface area contributed by atoms with Gasteiger partial charge in [0.25, 0.3) is 17.5 Å². The molecule has 2 saturated heterocycles. The lowest BCUT2D eigenvalue weighted by Gasteiger charge is -2.40. The van der Waals surface area contributed by atoms with Gasteiger partial charge in [0.05, 0.1) is 15.4 Å². The second kappa shape index (κ2) is 11.8. The molecule has 0 unspecified atom stereocenters. The number of carbonyl (C=O) groups is 3. The summed E-state index contributed by atoms with van der Waals surface area (Å²) in [4.78, 5) is 55.3. The van der Waals surface area contributed by atoms with Crippen LogP contribution in [0.5, 0.6) is 0 Å². The van der Waals surface area contributed by atoms with Gasteiger partial charge in [-0.05, 0) is 68.1 Å². The Morgan fingerprint density at radius 1 is 1.05 bits per heavy atom. The number of carbonyl (C=O) groups excluding carboxylic acids is 3. The second-order valence-corrected chi connectivity index (χ2v) is 11.2. The van der Waals surface area contributed by atoms with Gasteiger partial charge in [0.2, 0.25) is 5.91 Å². The minimum absolute atomic E-state index is 0.0382. The smallest absolute Gasteiger partial charge is 0.287 e. The van der Waals surface area contributed by atoms with Crippen LogP contribution in [0.15, 0.2) is 52.3 Å². The molecule has 13 heteroatoms. The van der Waals surface area contributed by atoms with Crippen molar-refractivity contribution in [3.05, 3.63) is 73.6 Å². The van der Waals surface area contributed by atoms with Crippen LogP contribution in [0.3, 0.4) is 0 Å². The first kappa shape index (κ1) is 27.8. The topological polar surface area (TPSA) is 138 Å². The van der Waals surface area contributed by atoms with Crippen LogP contribution in [0.1, 0.15) is 39.5 Å². The zero-order valence-corrected chi connectivity index (χ0v) is 23.1. The predicted octanol–water partition coefficient (Wildman–Crippen LogP) is 3.80. The molecule has 0 aliphatic carbocycles. The number of piperidine rings is 1. The third kappa shape index (κ3) is 5.74. The molecular formula is C27H28ClN5O6S. The summed E-state index contributed by atoms with van der Waals surface area (Å²) in [5, 5.41) is 19.8. The standard InChI is InChI=1S/C27H28ClN5O6S/c28-18-4-5-19(20(17-18)33(37)38)21-6-7-22(39-21)24(34)30-27(8-10-29-11-9-27)26(36)32-13-2-12-31(14-15-32)25(35)23-3-1-16-40-23/h1,3-7,16-17,29H,2,8-15H2,(H,30,34). The Balaban J connectivity index is 1.32. The van der Waals surface area contributed by atoms with E-state index in [2.05, 4.69) is 10.6 Å². The maximum absolute atomic E-state index is 13.9. The van der Waals surface area contributed by atoms with Gasteiger partial charge < -0.3 is 24.9 Å². The molecule has 2 N–H and O–H groups in total. The van der Waals surface area contributed by atoms with Crippen molar-refractivity contribution < 1.29 is 23.7 Å². The maximum Gasteiger partial charge on any atom is 0.287 e. The number of hydrogen-bond donors (Lipinski definition) is 2. The molecule has 0 saturated carbocycles. The van der Waals surface area contributed by atoms with E-state index in [0.717, 1.165) is 0 Å². The van der Waals surface area contributed by atoms with Crippen molar-refractivity contribution in [1.29, 1.82) is 0 Å². The molecule has 2 aliphatic rings. The summed E-state index contributed by atoms with van der Waals surface area (Å²) >= 11 is 7.31. The molecule has 3 aromatic rings. The van der Waals surface area contributed by atoms with Gasteiger partial charge in [0, 0.05) is 37.3 Å². The van der Waals surface area contributed by atoms with Crippen molar-refractivity contribution in [3.8, 4) is 11.3 Å². The highest BCUT2D eigenvalue weighted by atomic mass is 35.5. The third-order valence-corrected chi connectivity index (χ3v) is 8.37. The van der Waals surface area contributed by atoms with Gasteiger partial charge in [-0.3, -0.25) is 24.5 Å². The van der Waals surface area contributed by atoms with Crippen molar-refractivity contribution in [2.24, 2.45) is 0 Å². The maximum atomic E-state index is 13.9. The van der Waals surface area contributed by atoms with Crippen molar-refractivity contribution in [3.63, 3.8) is 0 Å². The molecule has 2 aromatic heterocycles. The van der Waals surface area contributed by atoms with Crippen molar-refractivity contribution in [1.82, 2.24) is 20.4 Å². The van der Waals surface area contributed by atoms with E-state index in [4.69, 9.17) is 16.0 Å². The Morgan fingerprint density at radius 2 is 1.80 bits per heavy atom. The lowest BCUT2D eigenvalue weighted by Crippen LogP contribution is -2.63. The first-order valence-electron chi connectivity index (χ1n) is 13.0. The molecule has 5 rings (SSSR count). The van der Waals surface area contributed by atoms with Crippen molar-refractivity contribution in [2.75, 3.05) is 39.3 Å². The first-order chi connectivity index (χ1) is 19.3. The monoisotopic (exact) mass is 585 g/mol. The number of benzene rings is 1. The van der Waals surface area contributed by atoms with Crippen LogP contribution in [-0.2, 0) is 4.79 Å². The summed E-state index contributed by atoms with van der Waals surface area (Å²) in [5.41, 5.74) is -1.20. The number of halogens is 1. The van der Waals surface area contributed by atoms with E-state index in [9.17, 15) is 24.5 Å². The van der Waals surface area contributed by atoms with Gasteiger partial charge in [0.1, 0.15) is 11.3 Å². The van der Waals surface area contributed by atoms with E-state index in [1.54, 1.807) is 15.9 Å². The normalized spacial score (nSPS) is 17.2. The first-order valence-corrected chi connectivity index (χ1v) is 14.2. The van der Waals surface area contributed by atoms with E-state index in [0.29, 0.717) is 63.4 Å². The number of rotatable bonds is 6. The summed E-state index contributed by atoms with van der Waals surface area (Å²) in [5.74, 6) is -0.727. The number of nitrogens with zero attached hydrogens (tertiary/aromatic N) is 3. The Labute approximate surface area is 239 Å². The number of furan rings is 1.